The molecule has 1 aliphatic carbocycles. The second-order valence-electron chi connectivity index (χ2n) is 8.90. The SMILES string of the molecule is O=C(C1CCc2ccccc2C1)N(CCN1CCOCC1)Cc1ccc2c(c1)OCCO2. The molecule has 0 saturated carbocycles. The van der Waals surface area contributed by atoms with Crippen molar-refractivity contribution in [2.45, 2.75) is 25.8 Å². The number of hydrogen-bond acceptors (Lipinski definition) is 5. The topological polar surface area (TPSA) is 51.2 Å². The molecule has 0 N–H and O–H groups in total. The summed E-state index contributed by atoms with van der Waals surface area (Å²) in [7, 11) is 0. The van der Waals surface area contributed by atoms with E-state index >= 15 is 0 Å². The highest BCUT2D eigenvalue weighted by molar-refractivity contribution is 5.79. The van der Waals surface area contributed by atoms with Crippen molar-refractivity contribution in [1.82, 2.24) is 9.80 Å². The Morgan fingerprint density at radius 2 is 1.75 bits per heavy atom. The molecule has 2 heterocycles. The Bertz CT molecular complexity index is 941. The first kappa shape index (κ1) is 21.3. The summed E-state index contributed by atoms with van der Waals surface area (Å²) in [5.41, 5.74) is 3.80. The van der Waals surface area contributed by atoms with Crippen molar-refractivity contribution in [3.63, 3.8) is 0 Å². The molecule has 2 aliphatic heterocycles. The van der Waals surface area contributed by atoms with E-state index in [1.54, 1.807) is 0 Å². The van der Waals surface area contributed by atoms with Gasteiger partial charge in [0.25, 0.3) is 0 Å². The zero-order valence-electron chi connectivity index (χ0n) is 18.6. The van der Waals surface area contributed by atoms with Crippen LogP contribution in [0.15, 0.2) is 42.5 Å². The minimum absolute atomic E-state index is 0.0480. The summed E-state index contributed by atoms with van der Waals surface area (Å²) in [5, 5.41) is 0. The van der Waals surface area contributed by atoms with Crippen LogP contribution in [-0.2, 0) is 28.9 Å². The van der Waals surface area contributed by atoms with E-state index in [0.29, 0.717) is 19.8 Å². The van der Waals surface area contributed by atoms with E-state index in [0.717, 1.165) is 75.7 Å². The number of rotatable bonds is 6. The summed E-state index contributed by atoms with van der Waals surface area (Å²) in [5.74, 6) is 1.88. The van der Waals surface area contributed by atoms with Crippen LogP contribution in [0.2, 0.25) is 0 Å². The largest absolute Gasteiger partial charge is 0.486 e. The third-order valence-corrected chi connectivity index (χ3v) is 6.78. The van der Waals surface area contributed by atoms with Gasteiger partial charge in [-0.15, -0.1) is 0 Å². The Labute approximate surface area is 190 Å². The second kappa shape index (κ2) is 9.92. The molecule has 3 aliphatic rings. The maximum atomic E-state index is 13.7. The van der Waals surface area contributed by atoms with Crippen molar-refractivity contribution in [1.29, 1.82) is 0 Å². The average Bonchev–Trinajstić information content (AvgIpc) is 2.86. The lowest BCUT2D eigenvalue weighted by atomic mass is 9.83. The van der Waals surface area contributed by atoms with Gasteiger partial charge in [-0.05, 0) is 48.1 Å². The van der Waals surface area contributed by atoms with Crippen LogP contribution in [0.25, 0.3) is 0 Å². The lowest BCUT2D eigenvalue weighted by Crippen LogP contribution is -2.45. The van der Waals surface area contributed by atoms with Crippen molar-refractivity contribution in [3.8, 4) is 11.5 Å². The fourth-order valence-electron chi connectivity index (χ4n) is 4.93. The van der Waals surface area contributed by atoms with Crippen LogP contribution in [-0.4, -0.2) is 68.3 Å². The van der Waals surface area contributed by atoms with Crippen molar-refractivity contribution < 1.29 is 19.0 Å². The van der Waals surface area contributed by atoms with Crippen molar-refractivity contribution in [2.75, 3.05) is 52.6 Å². The smallest absolute Gasteiger partial charge is 0.226 e. The van der Waals surface area contributed by atoms with Crippen LogP contribution in [0.4, 0.5) is 0 Å². The van der Waals surface area contributed by atoms with E-state index in [1.165, 1.54) is 11.1 Å². The molecule has 2 aromatic rings. The van der Waals surface area contributed by atoms with Crippen LogP contribution in [0, 0.1) is 5.92 Å². The van der Waals surface area contributed by atoms with Gasteiger partial charge >= 0.3 is 0 Å². The van der Waals surface area contributed by atoms with Gasteiger partial charge in [-0.1, -0.05) is 30.3 Å². The summed E-state index contributed by atoms with van der Waals surface area (Å²) < 4.78 is 16.9. The van der Waals surface area contributed by atoms with Crippen molar-refractivity contribution in [2.24, 2.45) is 5.92 Å². The van der Waals surface area contributed by atoms with Gasteiger partial charge in [0.2, 0.25) is 5.91 Å². The fraction of sp³-hybridized carbons (Fsp3) is 0.500. The molecule has 2 aromatic carbocycles. The number of carbonyl (C=O) groups is 1. The zero-order valence-corrected chi connectivity index (χ0v) is 18.6. The standard InChI is InChI=1S/C26H32N2O4/c29-26(23-7-6-21-3-1-2-4-22(21)18-23)28(10-9-27-11-13-30-14-12-27)19-20-5-8-24-25(17-20)32-16-15-31-24/h1-5,8,17,23H,6-7,9-16,18-19H2. The summed E-state index contributed by atoms with van der Waals surface area (Å²) in [6.45, 7) is 6.76. The lowest BCUT2D eigenvalue weighted by molar-refractivity contribution is -0.137. The summed E-state index contributed by atoms with van der Waals surface area (Å²) in [6.07, 6.45) is 2.74. The Balaban J connectivity index is 1.31. The fourth-order valence-corrected chi connectivity index (χ4v) is 4.93. The minimum atomic E-state index is 0.0480. The van der Waals surface area contributed by atoms with E-state index < -0.39 is 0 Å². The molecule has 1 fully saturated rings. The minimum Gasteiger partial charge on any atom is -0.486 e. The second-order valence-corrected chi connectivity index (χ2v) is 8.90. The maximum Gasteiger partial charge on any atom is 0.226 e. The van der Waals surface area contributed by atoms with Gasteiger partial charge in [-0.3, -0.25) is 9.69 Å². The molecular weight excluding hydrogens is 404 g/mol. The Morgan fingerprint density at radius 3 is 2.59 bits per heavy atom. The number of benzene rings is 2. The molecule has 1 atom stereocenters. The third kappa shape index (κ3) is 4.92. The Hall–Kier alpha value is -2.57. The monoisotopic (exact) mass is 436 g/mol. The molecule has 5 rings (SSSR count). The average molecular weight is 437 g/mol. The van der Waals surface area contributed by atoms with Gasteiger partial charge in [-0.25, -0.2) is 0 Å². The number of aryl methyl sites for hydroxylation is 1. The molecule has 1 unspecified atom stereocenters. The van der Waals surface area contributed by atoms with Crippen LogP contribution < -0.4 is 9.47 Å². The lowest BCUT2D eigenvalue weighted by Gasteiger charge is -2.33. The molecule has 1 saturated heterocycles. The molecule has 0 aromatic heterocycles. The number of ether oxygens (including phenoxy) is 3. The first-order chi connectivity index (χ1) is 15.8. The summed E-state index contributed by atoms with van der Waals surface area (Å²) in [4.78, 5) is 18.1. The normalized spacial score (nSPS) is 20.4. The highest BCUT2D eigenvalue weighted by Crippen LogP contribution is 2.32. The molecule has 6 heteroatoms. The highest BCUT2D eigenvalue weighted by atomic mass is 16.6. The number of morpholine rings is 1. The summed E-state index contributed by atoms with van der Waals surface area (Å²) in [6, 6.07) is 14.6. The number of amides is 1. The van der Waals surface area contributed by atoms with Gasteiger partial charge < -0.3 is 19.1 Å². The molecular formula is C26H32N2O4. The van der Waals surface area contributed by atoms with Crippen LogP contribution in [0.1, 0.15) is 23.1 Å². The molecule has 1 amide bonds. The Morgan fingerprint density at radius 1 is 0.969 bits per heavy atom. The van der Waals surface area contributed by atoms with Crippen molar-refractivity contribution in [3.05, 3.63) is 59.2 Å². The van der Waals surface area contributed by atoms with E-state index in [1.807, 2.05) is 12.1 Å². The van der Waals surface area contributed by atoms with E-state index in [9.17, 15) is 4.79 Å². The van der Waals surface area contributed by atoms with Gasteiger partial charge in [0.15, 0.2) is 11.5 Å². The van der Waals surface area contributed by atoms with E-state index in [2.05, 4.69) is 40.1 Å². The van der Waals surface area contributed by atoms with E-state index in [-0.39, 0.29) is 11.8 Å². The third-order valence-electron chi connectivity index (χ3n) is 6.78. The molecule has 32 heavy (non-hydrogen) atoms. The molecule has 0 bridgehead atoms. The predicted octanol–water partition coefficient (Wildman–Crippen LogP) is 2.92. The van der Waals surface area contributed by atoms with Crippen LogP contribution >= 0.6 is 0 Å². The number of nitrogens with zero attached hydrogens (tertiary/aromatic N) is 2. The van der Waals surface area contributed by atoms with Gasteiger partial charge in [0, 0.05) is 38.6 Å². The highest BCUT2D eigenvalue weighted by Gasteiger charge is 2.29. The first-order valence-corrected chi connectivity index (χ1v) is 11.8. The van der Waals surface area contributed by atoms with Gasteiger partial charge in [0.1, 0.15) is 13.2 Å². The molecule has 170 valence electrons. The number of carbonyl (C=O) groups excluding carboxylic acids is 1. The van der Waals surface area contributed by atoms with E-state index in [4.69, 9.17) is 14.2 Å². The Kier molecular flexibility index (Phi) is 6.60. The quantitative estimate of drug-likeness (QED) is 0.697. The van der Waals surface area contributed by atoms with Crippen LogP contribution in [0.5, 0.6) is 11.5 Å². The maximum absolute atomic E-state index is 13.7. The number of fused-ring (bicyclic) bond motifs is 2. The van der Waals surface area contributed by atoms with Gasteiger partial charge in [0.05, 0.1) is 13.2 Å². The van der Waals surface area contributed by atoms with Gasteiger partial charge in [-0.2, -0.15) is 0 Å². The predicted molar refractivity (Wildman–Crippen MR) is 122 cm³/mol. The van der Waals surface area contributed by atoms with Crippen molar-refractivity contribution >= 4 is 5.91 Å². The summed E-state index contributed by atoms with van der Waals surface area (Å²) >= 11 is 0. The zero-order chi connectivity index (χ0) is 21.8. The molecule has 0 spiro atoms. The first-order valence-electron chi connectivity index (χ1n) is 11.8. The van der Waals surface area contributed by atoms with Crippen LogP contribution in [0.3, 0.4) is 0 Å². The molecule has 6 nitrogen and oxygen atoms in total. The number of hydrogen-bond donors (Lipinski definition) is 0. The molecule has 0 radical (unpaired) electrons.